The van der Waals surface area contributed by atoms with Crippen molar-refractivity contribution in [1.82, 2.24) is 10.2 Å². The van der Waals surface area contributed by atoms with Gasteiger partial charge in [0.05, 0.1) is 6.04 Å². The van der Waals surface area contributed by atoms with Crippen LogP contribution in [0.1, 0.15) is 17.5 Å². The largest absolute Gasteiger partial charge is 0.360 e. The summed E-state index contributed by atoms with van der Waals surface area (Å²) in [5.74, 6) is -0.949. The summed E-state index contributed by atoms with van der Waals surface area (Å²) in [4.78, 5) is 2.11. The first kappa shape index (κ1) is 13.7. The normalized spacial score (nSPS) is 25.6. The average Bonchev–Trinajstić information content (AvgIpc) is 2.78. The van der Waals surface area contributed by atoms with Crippen LogP contribution in [-0.4, -0.2) is 35.2 Å². The fourth-order valence-corrected chi connectivity index (χ4v) is 3.63. The smallest absolute Gasteiger partial charge is 0.169 e. The van der Waals surface area contributed by atoms with Gasteiger partial charge in [-0.3, -0.25) is 0 Å². The molecule has 0 spiro atoms. The summed E-state index contributed by atoms with van der Waals surface area (Å²) in [6.45, 7) is 1.27. The molecule has 1 aromatic carbocycles. The zero-order valence-electron chi connectivity index (χ0n) is 11.0. The van der Waals surface area contributed by atoms with Crippen LogP contribution in [0.4, 0.5) is 8.78 Å². The van der Waals surface area contributed by atoms with Crippen LogP contribution in [0.25, 0.3) is 0 Å². The third-order valence-corrected chi connectivity index (χ3v) is 4.57. The molecule has 0 amide bonds. The third-order valence-electron chi connectivity index (χ3n) is 4.22. The summed E-state index contributed by atoms with van der Waals surface area (Å²) in [6, 6.07) is 2.74. The highest BCUT2D eigenvalue weighted by Crippen LogP contribution is 2.29. The van der Waals surface area contributed by atoms with Gasteiger partial charge in [0.15, 0.2) is 5.11 Å². The van der Waals surface area contributed by atoms with Gasteiger partial charge in [0.25, 0.3) is 0 Å². The highest BCUT2D eigenvalue weighted by Gasteiger charge is 2.35. The lowest BCUT2D eigenvalue weighted by Gasteiger charge is -2.36. The summed E-state index contributed by atoms with van der Waals surface area (Å²) in [7, 11) is 0. The Morgan fingerprint density at radius 2 is 2.20 bits per heavy atom. The van der Waals surface area contributed by atoms with Crippen molar-refractivity contribution in [3.8, 4) is 0 Å². The zero-order chi connectivity index (χ0) is 14.3. The first-order chi connectivity index (χ1) is 9.60. The van der Waals surface area contributed by atoms with Gasteiger partial charge in [-0.25, -0.2) is 8.78 Å². The number of benzene rings is 1. The van der Waals surface area contributed by atoms with Crippen molar-refractivity contribution in [2.75, 3.05) is 13.1 Å². The van der Waals surface area contributed by atoms with Crippen molar-refractivity contribution in [3.63, 3.8) is 0 Å². The quantitative estimate of drug-likeness (QED) is 0.808. The molecule has 0 saturated carbocycles. The molecule has 1 unspecified atom stereocenters. The van der Waals surface area contributed by atoms with Crippen LogP contribution >= 0.6 is 12.2 Å². The summed E-state index contributed by atoms with van der Waals surface area (Å²) < 4.78 is 27.1. The number of rotatable bonds is 2. The van der Waals surface area contributed by atoms with E-state index in [0.29, 0.717) is 30.1 Å². The number of thiocarbonyl (C=S) groups is 1. The maximum Gasteiger partial charge on any atom is 0.169 e. The second-order valence-electron chi connectivity index (χ2n) is 5.40. The Morgan fingerprint density at radius 1 is 1.40 bits per heavy atom. The topological polar surface area (TPSA) is 41.3 Å². The standard InChI is InChI=1S/C14H17F2N3S/c15-9-3-8-4-10(1-2-12(8)13(16)5-9)19-11(6-17)7-18-14(19)20/h3,5,10-11H,1-2,4,6-7,17H2,(H,18,20)/t10-,11?/m0/s1. The van der Waals surface area contributed by atoms with Crippen LogP contribution in [0.2, 0.25) is 0 Å². The maximum absolute atomic E-state index is 13.7. The van der Waals surface area contributed by atoms with Crippen molar-refractivity contribution in [2.45, 2.75) is 31.3 Å². The second kappa shape index (κ2) is 5.26. The molecular formula is C14H17F2N3S. The number of fused-ring (bicyclic) bond motifs is 1. The molecule has 1 aliphatic heterocycles. The van der Waals surface area contributed by atoms with E-state index in [1.807, 2.05) is 0 Å². The molecular weight excluding hydrogens is 280 g/mol. The summed E-state index contributed by atoms with van der Waals surface area (Å²) in [5, 5.41) is 3.84. The lowest BCUT2D eigenvalue weighted by Crippen LogP contribution is -2.48. The van der Waals surface area contributed by atoms with E-state index in [2.05, 4.69) is 10.2 Å². The van der Waals surface area contributed by atoms with E-state index in [9.17, 15) is 8.78 Å². The zero-order valence-corrected chi connectivity index (χ0v) is 11.9. The molecule has 0 radical (unpaired) electrons. The monoisotopic (exact) mass is 297 g/mol. The summed E-state index contributed by atoms with van der Waals surface area (Å²) in [6.07, 6.45) is 2.04. The molecule has 2 aliphatic rings. The van der Waals surface area contributed by atoms with E-state index in [0.717, 1.165) is 24.6 Å². The van der Waals surface area contributed by atoms with Crippen molar-refractivity contribution < 1.29 is 8.78 Å². The Morgan fingerprint density at radius 3 is 2.95 bits per heavy atom. The van der Waals surface area contributed by atoms with Gasteiger partial charge in [0.1, 0.15) is 11.6 Å². The predicted octanol–water partition coefficient (Wildman–Crippen LogP) is 1.34. The molecule has 1 aromatic rings. The fraction of sp³-hybridized carbons (Fsp3) is 0.500. The van der Waals surface area contributed by atoms with Crippen LogP contribution in [-0.2, 0) is 12.8 Å². The van der Waals surface area contributed by atoms with Gasteiger partial charge in [-0.1, -0.05) is 0 Å². The average molecular weight is 297 g/mol. The SMILES string of the molecule is NCC1CNC(=S)N1[C@H]1CCc2c(F)cc(F)cc2C1. The van der Waals surface area contributed by atoms with E-state index in [1.165, 1.54) is 6.07 Å². The van der Waals surface area contributed by atoms with Crippen LogP contribution in [0, 0.1) is 11.6 Å². The molecule has 108 valence electrons. The Kier molecular flexibility index (Phi) is 3.60. The number of nitrogens with zero attached hydrogens (tertiary/aromatic N) is 1. The Balaban J connectivity index is 1.86. The van der Waals surface area contributed by atoms with Gasteiger partial charge < -0.3 is 16.0 Å². The van der Waals surface area contributed by atoms with E-state index in [1.54, 1.807) is 0 Å². The number of hydrogen-bond acceptors (Lipinski definition) is 2. The van der Waals surface area contributed by atoms with Crippen LogP contribution in [0.15, 0.2) is 12.1 Å². The van der Waals surface area contributed by atoms with Crippen LogP contribution in [0.5, 0.6) is 0 Å². The van der Waals surface area contributed by atoms with E-state index in [-0.39, 0.29) is 12.1 Å². The first-order valence-corrected chi connectivity index (χ1v) is 7.24. The van der Waals surface area contributed by atoms with Gasteiger partial charge in [0, 0.05) is 25.2 Å². The van der Waals surface area contributed by atoms with Gasteiger partial charge >= 0.3 is 0 Å². The second-order valence-corrected chi connectivity index (χ2v) is 5.79. The van der Waals surface area contributed by atoms with Gasteiger partial charge in [0.2, 0.25) is 0 Å². The van der Waals surface area contributed by atoms with Crippen LogP contribution < -0.4 is 11.1 Å². The Bertz CT molecular complexity index is 549. The molecule has 1 heterocycles. The fourth-order valence-electron chi connectivity index (χ4n) is 3.24. The maximum atomic E-state index is 13.7. The Labute approximate surface area is 122 Å². The number of halogens is 2. The molecule has 0 bridgehead atoms. The highest BCUT2D eigenvalue weighted by molar-refractivity contribution is 7.80. The minimum absolute atomic E-state index is 0.166. The van der Waals surface area contributed by atoms with Gasteiger partial charge in [-0.15, -0.1) is 0 Å². The van der Waals surface area contributed by atoms with E-state index in [4.69, 9.17) is 18.0 Å². The Hall–Kier alpha value is -1.27. The molecule has 2 atom stereocenters. The van der Waals surface area contributed by atoms with Gasteiger partial charge in [-0.05, 0) is 48.7 Å². The minimum Gasteiger partial charge on any atom is -0.360 e. The number of hydrogen-bond donors (Lipinski definition) is 2. The lowest BCUT2D eigenvalue weighted by molar-refractivity contribution is 0.247. The van der Waals surface area contributed by atoms with E-state index >= 15 is 0 Å². The first-order valence-electron chi connectivity index (χ1n) is 6.83. The predicted molar refractivity (Wildman–Crippen MR) is 77.5 cm³/mol. The molecule has 6 heteroatoms. The van der Waals surface area contributed by atoms with Crippen molar-refractivity contribution >= 4 is 17.3 Å². The van der Waals surface area contributed by atoms with E-state index < -0.39 is 11.6 Å². The minimum atomic E-state index is -0.514. The van der Waals surface area contributed by atoms with Gasteiger partial charge in [-0.2, -0.15) is 0 Å². The number of nitrogens with two attached hydrogens (primary N) is 1. The molecule has 3 nitrogen and oxygen atoms in total. The molecule has 1 aliphatic carbocycles. The molecule has 3 N–H and O–H groups in total. The molecule has 3 rings (SSSR count). The molecule has 1 saturated heterocycles. The third kappa shape index (κ3) is 2.27. The van der Waals surface area contributed by atoms with Crippen LogP contribution in [0.3, 0.4) is 0 Å². The molecule has 20 heavy (non-hydrogen) atoms. The summed E-state index contributed by atoms with van der Waals surface area (Å²) >= 11 is 5.33. The lowest BCUT2D eigenvalue weighted by atomic mass is 9.86. The van der Waals surface area contributed by atoms with Crippen molar-refractivity contribution in [1.29, 1.82) is 0 Å². The molecule has 0 aromatic heterocycles. The highest BCUT2D eigenvalue weighted by atomic mass is 32.1. The summed E-state index contributed by atoms with van der Waals surface area (Å²) in [5.41, 5.74) is 7.17. The van der Waals surface area contributed by atoms with Crippen molar-refractivity contribution in [2.24, 2.45) is 5.73 Å². The molecule has 1 fully saturated rings. The number of nitrogens with one attached hydrogen (secondary N) is 1. The van der Waals surface area contributed by atoms with Crippen molar-refractivity contribution in [3.05, 3.63) is 34.9 Å².